The third-order valence-electron chi connectivity index (χ3n) is 6.95. The predicted octanol–water partition coefficient (Wildman–Crippen LogP) is 9.15. The first-order valence-corrected chi connectivity index (χ1v) is 12.4. The van der Waals surface area contributed by atoms with E-state index in [1.165, 1.54) is 33.4 Å². The van der Waals surface area contributed by atoms with Crippen molar-refractivity contribution in [3.63, 3.8) is 0 Å². The first-order valence-electron chi connectivity index (χ1n) is 11.6. The van der Waals surface area contributed by atoms with E-state index in [1.54, 1.807) is 0 Å². The molecule has 0 spiro atoms. The van der Waals surface area contributed by atoms with Gasteiger partial charge in [0.05, 0.1) is 11.4 Å². The van der Waals surface area contributed by atoms with Gasteiger partial charge in [-0.25, -0.2) is 4.98 Å². The van der Waals surface area contributed by atoms with E-state index in [9.17, 15) is 0 Å². The van der Waals surface area contributed by atoms with Crippen molar-refractivity contribution in [3.8, 4) is 44.8 Å². The lowest BCUT2D eigenvalue weighted by atomic mass is 9.82. The van der Waals surface area contributed by atoms with E-state index in [1.807, 2.05) is 6.07 Å². The van der Waals surface area contributed by atoms with Gasteiger partial charge in [0.15, 0.2) is 0 Å². The monoisotopic (exact) mass is 501 g/mol. The average Bonchev–Trinajstić information content (AvgIpc) is 3.11. The van der Waals surface area contributed by atoms with Crippen molar-refractivity contribution in [2.45, 2.75) is 19.3 Å². The van der Waals surface area contributed by atoms with Gasteiger partial charge in [0.25, 0.3) is 0 Å². The minimum Gasteiger partial charge on any atom is -0.248 e. The van der Waals surface area contributed by atoms with Crippen LogP contribution in [-0.2, 0) is 5.41 Å². The second-order valence-corrected chi connectivity index (χ2v) is 10.3. The highest BCUT2D eigenvalue weighted by Gasteiger charge is 2.35. The first-order chi connectivity index (χ1) is 16.5. The Morgan fingerprint density at radius 1 is 0.529 bits per heavy atom. The summed E-state index contributed by atoms with van der Waals surface area (Å²) in [7, 11) is 0. The summed E-state index contributed by atoms with van der Waals surface area (Å²) in [6.07, 6.45) is 0. The lowest BCUT2D eigenvalue weighted by Gasteiger charge is -2.22. The quantitative estimate of drug-likeness (QED) is 0.240. The Kier molecular flexibility index (Phi) is 5.00. The molecule has 1 heterocycles. The van der Waals surface area contributed by atoms with Gasteiger partial charge in [0.1, 0.15) is 0 Å². The first kappa shape index (κ1) is 21.1. The van der Waals surface area contributed by atoms with E-state index in [0.29, 0.717) is 0 Å². The zero-order valence-corrected chi connectivity index (χ0v) is 20.8. The number of fused-ring (bicyclic) bond motifs is 3. The Labute approximate surface area is 209 Å². The number of rotatable bonds is 3. The molecular formula is C32H24BrN. The van der Waals surface area contributed by atoms with Gasteiger partial charge >= 0.3 is 0 Å². The molecule has 34 heavy (non-hydrogen) atoms. The summed E-state index contributed by atoms with van der Waals surface area (Å²) >= 11 is 3.56. The molecule has 0 aliphatic heterocycles. The van der Waals surface area contributed by atoms with Crippen LogP contribution in [0.25, 0.3) is 44.8 Å². The van der Waals surface area contributed by atoms with Crippen molar-refractivity contribution < 1.29 is 0 Å². The summed E-state index contributed by atoms with van der Waals surface area (Å²) < 4.78 is 1.08. The van der Waals surface area contributed by atoms with E-state index in [2.05, 4.69) is 133 Å². The number of halogens is 1. The number of nitrogens with zero attached hydrogens (tertiary/aromatic N) is 1. The Morgan fingerprint density at radius 2 is 1.15 bits per heavy atom. The zero-order valence-electron chi connectivity index (χ0n) is 19.2. The zero-order chi connectivity index (χ0) is 23.3. The van der Waals surface area contributed by atoms with Crippen LogP contribution in [0.4, 0.5) is 0 Å². The van der Waals surface area contributed by atoms with Crippen molar-refractivity contribution >= 4 is 15.9 Å². The summed E-state index contributed by atoms with van der Waals surface area (Å²) in [6, 6.07) is 38.9. The molecule has 4 aromatic carbocycles. The maximum atomic E-state index is 5.13. The summed E-state index contributed by atoms with van der Waals surface area (Å²) in [5, 5.41) is 0. The molecule has 0 saturated heterocycles. The molecule has 164 valence electrons. The second kappa shape index (κ2) is 8.07. The predicted molar refractivity (Wildman–Crippen MR) is 146 cm³/mol. The van der Waals surface area contributed by atoms with Crippen LogP contribution < -0.4 is 0 Å². The molecule has 0 radical (unpaired) electrons. The molecule has 6 rings (SSSR count). The summed E-state index contributed by atoms with van der Waals surface area (Å²) in [6.45, 7) is 4.64. The highest BCUT2D eigenvalue weighted by molar-refractivity contribution is 9.10. The molecule has 1 nitrogen and oxygen atoms in total. The molecule has 1 aromatic heterocycles. The maximum absolute atomic E-state index is 5.13. The smallest absolute Gasteiger partial charge is 0.0715 e. The molecule has 0 bridgehead atoms. The molecule has 2 heteroatoms. The Hall–Kier alpha value is -3.49. The van der Waals surface area contributed by atoms with Gasteiger partial charge in [-0.05, 0) is 63.7 Å². The third kappa shape index (κ3) is 3.50. The van der Waals surface area contributed by atoms with Crippen LogP contribution in [0.2, 0.25) is 0 Å². The Morgan fingerprint density at radius 3 is 1.91 bits per heavy atom. The van der Waals surface area contributed by atoms with Crippen molar-refractivity contribution in [3.05, 3.63) is 125 Å². The number of aromatic nitrogens is 1. The molecule has 0 atom stereocenters. The van der Waals surface area contributed by atoms with Crippen molar-refractivity contribution in [1.82, 2.24) is 4.98 Å². The lowest BCUT2D eigenvalue weighted by Crippen LogP contribution is -2.14. The molecule has 1 aliphatic rings. The fraction of sp³-hybridized carbons (Fsp3) is 0.0938. The van der Waals surface area contributed by atoms with Crippen molar-refractivity contribution in [2.24, 2.45) is 0 Å². The van der Waals surface area contributed by atoms with Gasteiger partial charge < -0.3 is 0 Å². The van der Waals surface area contributed by atoms with E-state index in [-0.39, 0.29) is 5.41 Å². The van der Waals surface area contributed by atoms with Crippen molar-refractivity contribution in [2.75, 3.05) is 0 Å². The van der Waals surface area contributed by atoms with Gasteiger partial charge in [-0.3, -0.25) is 0 Å². The number of pyridine rings is 1. The van der Waals surface area contributed by atoms with Gasteiger partial charge in [-0.2, -0.15) is 0 Å². The molecule has 0 N–H and O–H groups in total. The maximum Gasteiger partial charge on any atom is 0.0715 e. The van der Waals surface area contributed by atoms with E-state index >= 15 is 0 Å². The molecule has 5 aromatic rings. The van der Waals surface area contributed by atoms with Gasteiger partial charge in [0, 0.05) is 21.0 Å². The van der Waals surface area contributed by atoms with Crippen LogP contribution in [0.15, 0.2) is 114 Å². The largest absolute Gasteiger partial charge is 0.248 e. The van der Waals surface area contributed by atoms with Crippen LogP contribution in [0.5, 0.6) is 0 Å². The molecule has 0 unspecified atom stereocenters. The summed E-state index contributed by atoms with van der Waals surface area (Å²) in [5.74, 6) is 0. The lowest BCUT2D eigenvalue weighted by molar-refractivity contribution is 0.660. The highest BCUT2D eigenvalue weighted by atomic mass is 79.9. The van der Waals surface area contributed by atoms with Crippen LogP contribution in [0, 0.1) is 0 Å². The van der Waals surface area contributed by atoms with Gasteiger partial charge in [-0.15, -0.1) is 0 Å². The summed E-state index contributed by atoms with van der Waals surface area (Å²) in [5.41, 5.74) is 12.0. The molecule has 0 saturated carbocycles. The minimum absolute atomic E-state index is 0.0342. The van der Waals surface area contributed by atoms with Crippen molar-refractivity contribution in [1.29, 1.82) is 0 Å². The summed E-state index contributed by atoms with van der Waals surface area (Å²) in [4.78, 5) is 5.13. The third-order valence-corrected chi connectivity index (χ3v) is 7.48. The van der Waals surface area contributed by atoms with Crippen LogP contribution >= 0.6 is 15.9 Å². The fourth-order valence-corrected chi connectivity index (χ4v) is 5.37. The van der Waals surface area contributed by atoms with E-state index in [0.717, 1.165) is 27.0 Å². The SMILES string of the molecule is CC1(C)c2ccccc2-c2ccc(-c3cc(-c4ccc(Br)cc4)cc(-c4ccccc4)n3)cc21. The fourth-order valence-electron chi connectivity index (χ4n) is 5.11. The van der Waals surface area contributed by atoms with Gasteiger partial charge in [-0.1, -0.05) is 109 Å². The average molecular weight is 502 g/mol. The second-order valence-electron chi connectivity index (χ2n) is 9.43. The van der Waals surface area contributed by atoms with Gasteiger partial charge in [0.2, 0.25) is 0 Å². The minimum atomic E-state index is -0.0342. The standard InChI is InChI=1S/C32H24BrN/c1-32(2)28-11-7-6-10-26(28)27-17-14-23(18-29(27)32)31-20-24(21-12-15-25(33)16-13-21)19-30(34-31)22-8-4-3-5-9-22/h3-20H,1-2H3. The Balaban J connectivity index is 1.53. The molecule has 1 aliphatic carbocycles. The van der Waals surface area contributed by atoms with Crippen LogP contribution in [0.3, 0.4) is 0 Å². The van der Waals surface area contributed by atoms with E-state index in [4.69, 9.17) is 4.98 Å². The van der Waals surface area contributed by atoms with Crippen LogP contribution in [0.1, 0.15) is 25.0 Å². The van der Waals surface area contributed by atoms with E-state index < -0.39 is 0 Å². The highest BCUT2D eigenvalue weighted by Crippen LogP contribution is 2.49. The van der Waals surface area contributed by atoms with Crippen LogP contribution in [-0.4, -0.2) is 4.98 Å². The number of benzene rings is 4. The number of hydrogen-bond donors (Lipinski definition) is 0. The molecule has 0 amide bonds. The topological polar surface area (TPSA) is 12.9 Å². The molecular weight excluding hydrogens is 478 g/mol. The molecule has 0 fully saturated rings. The number of hydrogen-bond acceptors (Lipinski definition) is 1. The normalized spacial score (nSPS) is 13.4. The Bertz CT molecular complexity index is 1520.